The molecule has 0 bridgehead atoms. The van der Waals surface area contributed by atoms with Crippen molar-refractivity contribution in [1.29, 1.82) is 0 Å². The Kier molecular flexibility index (Phi) is 7.75. The van der Waals surface area contributed by atoms with Gasteiger partial charge in [-0.25, -0.2) is 13.2 Å². The van der Waals surface area contributed by atoms with Crippen LogP contribution in [0.25, 0.3) is 0 Å². The predicted molar refractivity (Wildman–Crippen MR) is 123 cm³/mol. The molecular formula is C21H23ClN4O7S. The molecule has 2 amide bonds. The van der Waals surface area contributed by atoms with E-state index in [1.807, 2.05) is 0 Å². The summed E-state index contributed by atoms with van der Waals surface area (Å²) >= 11 is 6.23. The van der Waals surface area contributed by atoms with Gasteiger partial charge in [-0.05, 0) is 31.0 Å². The van der Waals surface area contributed by atoms with Crippen LogP contribution >= 0.6 is 11.6 Å². The standard InChI is InChI=1S/C21H23ClN4O7S/c1-14-13-24(10-11-25(14)21(28)29)20(27)17(12-15-6-2-3-7-16(15)22)23-34(32,33)19-9-5-4-8-18(19)26(30)31/h2-9,14,17,23H,10-13H2,1H3,(H,28,29)/t14-,17-/m0/s1. The molecule has 182 valence electrons. The minimum Gasteiger partial charge on any atom is -0.465 e. The number of hydrogen-bond donors (Lipinski definition) is 2. The van der Waals surface area contributed by atoms with E-state index in [1.165, 1.54) is 21.9 Å². The van der Waals surface area contributed by atoms with Crippen LogP contribution in [0.3, 0.4) is 0 Å². The number of carbonyl (C=O) groups is 2. The first-order valence-corrected chi connectivity index (χ1v) is 12.1. The molecule has 2 N–H and O–H groups in total. The van der Waals surface area contributed by atoms with Gasteiger partial charge >= 0.3 is 6.09 Å². The van der Waals surface area contributed by atoms with Gasteiger partial charge in [-0.3, -0.25) is 14.9 Å². The summed E-state index contributed by atoms with van der Waals surface area (Å²) in [6.07, 6.45) is -1.21. The van der Waals surface area contributed by atoms with Gasteiger partial charge in [-0.1, -0.05) is 41.9 Å². The number of nitro groups is 1. The van der Waals surface area contributed by atoms with E-state index in [9.17, 15) is 33.2 Å². The number of nitrogens with one attached hydrogen (secondary N) is 1. The summed E-state index contributed by atoms with van der Waals surface area (Å²) in [6, 6.07) is 9.63. The van der Waals surface area contributed by atoms with Crippen molar-refractivity contribution >= 4 is 39.3 Å². The maximum atomic E-state index is 13.4. The van der Waals surface area contributed by atoms with E-state index < -0.39 is 49.6 Å². The molecule has 0 spiro atoms. The summed E-state index contributed by atoms with van der Waals surface area (Å²) in [5.74, 6) is -0.584. The second kappa shape index (κ2) is 10.4. The van der Waals surface area contributed by atoms with Gasteiger partial charge < -0.3 is 14.9 Å². The summed E-state index contributed by atoms with van der Waals surface area (Å²) < 4.78 is 28.6. The fraction of sp³-hybridized carbons (Fsp3) is 0.333. The van der Waals surface area contributed by atoms with Crippen molar-refractivity contribution in [2.24, 2.45) is 0 Å². The van der Waals surface area contributed by atoms with Gasteiger partial charge in [-0.15, -0.1) is 0 Å². The van der Waals surface area contributed by atoms with Crippen molar-refractivity contribution in [3.05, 3.63) is 69.2 Å². The average Bonchev–Trinajstić information content (AvgIpc) is 2.79. The zero-order valence-corrected chi connectivity index (χ0v) is 19.7. The topological polar surface area (TPSA) is 150 Å². The van der Waals surface area contributed by atoms with Crippen LogP contribution in [0, 0.1) is 10.1 Å². The first kappa shape index (κ1) is 25.4. The smallest absolute Gasteiger partial charge is 0.407 e. The zero-order chi connectivity index (χ0) is 25.0. The molecule has 1 aliphatic rings. The number of rotatable bonds is 7. The van der Waals surface area contributed by atoms with E-state index in [0.717, 1.165) is 12.1 Å². The molecule has 0 radical (unpaired) electrons. The van der Waals surface area contributed by atoms with E-state index in [0.29, 0.717) is 10.6 Å². The predicted octanol–water partition coefficient (Wildman–Crippen LogP) is 2.35. The van der Waals surface area contributed by atoms with E-state index >= 15 is 0 Å². The molecule has 0 unspecified atom stereocenters. The highest BCUT2D eigenvalue weighted by Crippen LogP contribution is 2.25. The molecule has 1 aliphatic heterocycles. The Morgan fingerprint density at radius 1 is 1.21 bits per heavy atom. The second-order valence-electron chi connectivity index (χ2n) is 7.80. The number of halogens is 1. The highest BCUT2D eigenvalue weighted by molar-refractivity contribution is 7.89. The molecular weight excluding hydrogens is 488 g/mol. The molecule has 0 aliphatic carbocycles. The Morgan fingerprint density at radius 2 is 1.85 bits per heavy atom. The van der Waals surface area contributed by atoms with Crippen molar-refractivity contribution in [3.63, 3.8) is 0 Å². The third kappa shape index (κ3) is 5.64. The number of benzene rings is 2. The van der Waals surface area contributed by atoms with E-state index in [-0.39, 0.29) is 26.1 Å². The zero-order valence-electron chi connectivity index (χ0n) is 18.1. The largest absolute Gasteiger partial charge is 0.465 e. The SMILES string of the molecule is C[C@H]1CN(C(=O)[C@H](Cc2ccccc2Cl)NS(=O)(=O)c2ccccc2[N+](=O)[O-])CCN1C(=O)O. The first-order chi connectivity index (χ1) is 16.0. The molecule has 11 nitrogen and oxygen atoms in total. The summed E-state index contributed by atoms with van der Waals surface area (Å²) in [5.41, 5.74) is -0.118. The monoisotopic (exact) mass is 510 g/mol. The lowest BCUT2D eigenvalue weighted by molar-refractivity contribution is -0.387. The molecule has 2 aromatic rings. The Bertz CT molecular complexity index is 1210. The van der Waals surface area contributed by atoms with Crippen LogP contribution in [0.2, 0.25) is 5.02 Å². The van der Waals surface area contributed by atoms with Gasteiger partial charge in [-0.2, -0.15) is 4.72 Å². The lowest BCUT2D eigenvalue weighted by Crippen LogP contribution is -2.59. The Hall–Kier alpha value is -3.22. The van der Waals surface area contributed by atoms with Gasteiger partial charge in [0.15, 0.2) is 4.90 Å². The maximum Gasteiger partial charge on any atom is 0.407 e. The second-order valence-corrected chi connectivity index (χ2v) is 9.89. The third-order valence-corrected chi connectivity index (χ3v) is 7.40. The minimum absolute atomic E-state index is 0.0668. The maximum absolute atomic E-state index is 13.4. The normalized spacial score (nSPS) is 17.3. The van der Waals surface area contributed by atoms with Crippen LogP contribution in [0.1, 0.15) is 12.5 Å². The van der Waals surface area contributed by atoms with Crippen molar-refractivity contribution < 1.29 is 28.0 Å². The highest BCUT2D eigenvalue weighted by Gasteiger charge is 2.36. The van der Waals surface area contributed by atoms with E-state index in [2.05, 4.69) is 4.72 Å². The first-order valence-electron chi connectivity index (χ1n) is 10.3. The number of amides is 2. The van der Waals surface area contributed by atoms with Crippen molar-refractivity contribution in [2.45, 2.75) is 30.3 Å². The van der Waals surface area contributed by atoms with Crippen LogP contribution in [-0.4, -0.2) is 72.0 Å². The number of sulfonamides is 1. The molecule has 13 heteroatoms. The van der Waals surface area contributed by atoms with Gasteiger partial charge in [0.05, 0.1) is 4.92 Å². The molecule has 2 atom stereocenters. The Balaban J connectivity index is 1.93. The summed E-state index contributed by atoms with van der Waals surface area (Å²) in [7, 11) is -4.48. The number of carboxylic acid groups (broad SMARTS) is 1. The van der Waals surface area contributed by atoms with E-state index in [4.69, 9.17) is 11.6 Å². The van der Waals surface area contributed by atoms with Crippen LogP contribution in [0.4, 0.5) is 10.5 Å². The molecule has 34 heavy (non-hydrogen) atoms. The summed E-state index contributed by atoms with van der Waals surface area (Å²) in [4.78, 5) is 37.3. The number of hydrogen-bond acceptors (Lipinski definition) is 6. The van der Waals surface area contributed by atoms with Gasteiger partial charge in [0.2, 0.25) is 15.9 Å². The van der Waals surface area contributed by atoms with Gasteiger partial charge in [0.25, 0.3) is 5.69 Å². The van der Waals surface area contributed by atoms with E-state index in [1.54, 1.807) is 31.2 Å². The van der Waals surface area contributed by atoms with Gasteiger partial charge in [0, 0.05) is 36.8 Å². The number of piperazine rings is 1. The number of para-hydroxylation sites is 1. The molecule has 2 aromatic carbocycles. The molecule has 3 rings (SSSR count). The molecule has 1 heterocycles. The Labute approximate surface area is 201 Å². The van der Waals surface area contributed by atoms with Gasteiger partial charge in [0.1, 0.15) is 6.04 Å². The highest BCUT2D eigenvalue weighted by atomic mass is 35.5. The van der Waals surface area contributed by atoms with Crippen LogP contribution in [0.15, 0.2) is 53.4 Å². The fourth-order valence-electron chi connectivity index (χ4n) is 3.81. The summed E-state index contributed by atoms with van der Waals surface area (Å²) in [6.45, 7) is 1.85. The number of nitrogens with zero attached hydrogens (tertiary/aromatic N) is 3. The van der Waals surface area contributed by atoms with Crippen LogP contribution in [-0.2, 0) is 21.2 Å². The Morgan fingerprint density at radius 3 is 2.47 bits per heavy atom. The molecule has 1 fully saturated rings. The lowest BCUT2D eigenvalue weighted by Gasteiger charge is -2.39. The third-order valence-electron chi connectivity index (χ3n) is 5.51. The number of nitro benzene ring substituents is 1. The molecule has 0 aromatic heterocycles. The molecule has 1 saturated heterocycles. The van der Waals surface area contributed by atoms with Crippen LogP contribution in [0.5, 0.6) is 0 Å². The fourth-order valence-corrected chi connectivity index (χ4v) is 5.39. The quantitative estimate of drug-likeness (QED) is 0.428. The van der Waals surface area contributed by atoms with Crippen molar-refractivity contribution in [2.75, 3.05) is 19.6 Å². The van der Waals surface area contributed by atoms with Crippen molar-refractivity contribution in [3.8, 4) is 0 Å². The van der Waals surface area contributed by atoms with Crippen molar-refractivity contribution in [1.82, 2.24) is 14.5 Å². The average molecular weight is 511 g/mol. The summed E-state index contributed by atoms with van der Waals surface area (Å²) in [5, 5.41) is 21.0. The lowest BCUT2D eigenvalue weighted by atomic mass is 10.0. The number of carbonyl (C=O) groups excluding carboxylic acids is 1. The molecule has 0 saturated carbocycles. The van der Waals surface area contributed by atoms with Crippen LogP contribution < -0.4 is 4.72 Å². The minimum atomic E-state index is -4.48.